The fraction of sp³-hybridized carbons (Fsp3) is 0. The molecule has 0 saturated heterocycles. The Morgan fingerprint density at radius 1 is 1.12 bits per heavy atom. The Balaban J connectivity index is -0.0000000208. The predicted octanol–water partition coefficient (Wildman–Crippen LogP) is -4.44. The van der Waals surface area contributed by atoms with Gasteiger partial charge in [-0.25, -0.2) is 0 Å². The van der Waals surface area contributed by atoms with Gasteiger partial charge in [-0.15, -0.1) is 0 Å². The van der Waals surface area contributed by atoms with E-state index in [1.54, 1.807) is 10.8 Å². The molecule has 34 valence electrons. The average molecular weight is 180 g/mol. The van der Waals surface area contributed by atoms with E-state index in [1.807, 2.05) is 0 Å². The van der Waals surface area contributed by atoms with Gasteiger partial charge >= 0.3 is 80.9 Å². The van der Waals surface area contributed by atoms with E-state index in [0.717, 1.165) is 21.6 Å². The first-order chi connectivity index (χ1) is 2.91. The van der Waals surface area contributed by atoms with Crippen LogP contribution in [0.3, 0.4) is 0 Å². The van der Waals surface area contributed by atoms with Gasteiger partial charge in [0.05, 0.1) is 0 Å². The first kappa shape index (κ1) is 16.7. The van der Waals surface area contributed by atoms with Gasteiger partial charge in [-0.05, 0) is 0 Å². The van der Waals surface area contributed by atoms with E-state index in [0.29, 0.717) is 0 Å². The number of thiocyanates is 2. The van der Waals surface area contributed by atoms with Gasteiger partial charge in [0.25, 0.3) is 0 Å². The fourth-order valence-electron chi connectivity index (χ4n) is 0.0373. The Morgan fingerprint density at radius 3 is 1.50 bits per heavy atom. The van der Waals surface area contributed by atoms with Crippen LogP contribution in [0.1, 0.15) is 2.85 Å². The van der Waals surface area contributed by atoms with Crippen LogP contribution < -0.4 is 80.9 Å². The maximum absolute atomic E-state index is 7.74. The molecule has 0 amide bonds. The molecule has 0 atom stereocenters. The van der Waals surface area contributed by atoms with Crippen molar-refractivity contribution in [3.8, 4) is 10.8 Å². The van der Waals surface area contributed by atoms with E-state index in [2.05, 4.69) is 0 Å². The van der Waals surface area contributed by atoms with Crippen molar-refractivity contribution >= 4 is 21.6 Å². The van der Waals surface area contributed by atoms with Crippen LogP contribution in [0.2, 0.25) is 0 Å². The summed E-state index contributed by atoms with van der Waals surface area (Å²) in [5.41, 5.74) is 0. The van der Waals surface area contributed by atoms with Crippen molar-refractivity contribution in [1.29, 1.82) is 10.5 Å². The van der Waals surface area contributed by atoms with Crippen LogP contribution >= 0.6 is 21.6 Å². The Kier molecular flexibility index (Phi) is 33.8. The van der Waals surface area contributed by atoms with Crippen LogP contribution in [0, 0.1) is 21.3 Å². The van der Waals surface area contributed by atoms with Crippen LogP contribution in [0.25, 0.3) is 0 Å². The molecule has 0 aliphatic rings. The molecule has 0 aliphatic heterocycles. The Bertz CT molecular complexity index is 98.8. The summed E-state index contributed by atoms with van der Waals surface area (Å²) in [5, 5.41) is 18.9. The molecule has 0 bridgehead atoms. The number of rotatable bonds is 1. The summed E-state index contributed by atoms with van der Waals surface area (Å²) in [5.74, 6) is 0. The third-order valence-electron chi connectivity index (χ3n) is 0.116. The van der Waals surface area contributed by atoms with E-state index in [4.69, 9.17) is 10.5 Å². The van der Waals surface area contributed by atoms with Gasteiger partial charge in [-0.1, -0.05) is 0 Å². The van der Waals surface area contributed by atoms with Gasteiger partial charge in [-0.3, -0.25) is 0 Å². The van der Waals surface area contributed by atoms with Crippen molar-refractivity contribution in [1.82, 2.24) is 0 Å². The van der Waals surface area contributed by atoms with Crippen molar-refractivity contribution in [3.05, 3.63) is 0 Å². The third kappa shape index (κ3) is 15.8. The molecule has 0 fully saturated rings. The normalized spacial score (nSPS) is 4.25. The van der Waals surface area contributed by atoms with Gasteiger partial charge in [0, 0.05) is 21.6 Å². The summed E-state index contributed by atoms with van der Waals surface area (Å²) in [4.78, 5) is 0. The van der Waals surface area contributed by atoms with E-state index in [9.17, 15) is 0 Å². The van der Waals surface area contributed by atoms with Crippen molar-refractivity contribution in [2.24, 2.45) is 0 Å². The molecule has 0 aromatic heterocycles. The molecule has 0 aromatic carbocycles. The molecule has 0 radical (unpaired) electrons. The average Bonchev–Trinajstić information content (AvgIpc) is 1.61. The second-order valence-corrected chi connectivity index (χ2v) is 2.05. The second kappa shape index (κ2) is 16.2. The minimum atomic E-state index is 0. The summed E-state index contributed by atoms with van der Waals surface area (Å²) >= 11 is 0. The summed E-state index contributed by atoms with van der Waals surface area (Å²) in [6.07, 6.45) is 0. The first-order valence-electron chi connectivity index (χ1n) is 1.02. The topological polar surface area (TPSA) is 47.6 Å². The molecule has 2 nitrogen and oxygen atoms in total. The smallest absolute Gasteiger partial charge is 1.00 e. The predicted molar refractivity (Wildman–Crippen MR) is 28.6 cm³/mol. The second-order valence-electron chi connectivity index (χ2n) is 0.349. The van der Waals surface area contributed by atoms with Crippen molar-refractivity contribution in [3.63, 3.8) is 0 Å². The molecule has 0 rings (SSSR count). The van der Waals surface area contributed by atoms with E-state index in [1.165, 1.54) is 0 Å². The number of nitrogens with zero attached hydrogens (tertiary/aromatic N) is 2. The van der Waals surface area contributed by atoms with Crippen molar-refractivity contribution < 1.29 is 83.8 Å². The Morgan fingerprint density at radius 2 is 1.38 bits per heavy atom. The minimum Gasteiger partial charge on any atom is -1.00 e. The summed E-state index contributed by atoms with van der Waals surface area (Å²) in [7, 11) is 1.74. The van der Waals surface area contributed by atoms with E-state index >= 15 is 0 Å². The van der Waals surface area contributed by atoms with Crippen LogP contribution in [0.4, 0.5) is 0 Å². The fourth-order valence-corrected chi connectivity index (χ4v) is 0.335. The summed E-state index contributed by atoms with van der Waals surface area (Å²) in [6.45, 7) is 0. The monoisotopic (exact) mass is 180 g/mol. The number of hydrogen-bond acceptors (Lipinski definition) is 4. The number of nitriles is 2. The quantitative estimate of drug-likeness (QED) is 0.177. The summed E-state index contributed by atoms with van der Waals surface area (Å²) in [6, 6.07) is 0. The Hall–Kier alpha value is 2.32. The van der Waals surface area contributed by atoms with Crippen LogP contribution in [0.15, 0.2) is 0 Å². The van der Waals surface area contributed by atoms with Crippen LogP contribution in [0.5, 0.6) is 0 Å². The van der Waals surface area contributed by atoms with Gasteiger partial charge in [0.2, 0.25) is 0 Å². The summed E-state index contributed by atoms with van der Waals surface area (Å²) < 4.78 is 0. The standard InChI is InChI=1S/C2N2S2.K.Na.2H/c3-1-5-6-2-4;;;;/q;2*+1;2*-1. The number of hydrogen-bond donors (Lipinski definition) is 0. The van der Waals surface area contributed by atoms with Crippen LogP contribution in [-0.4, -0.2) is 0 Å². The van der Waals surface area contributed by atoms with Gasteiger partial charge in [0.15, 0.2) is 0 Å². The van der Waals surface area contributed by atoms with Gasteiger partial charge < -0.3 is 2.85 Å². The van der Waals surface area contributed by atoms with E-state index in [-0.39, 0.29) is 83.8 Å². The molecule has 0 saturated carbocycles. The van der Waals surface area contributed by atoms with Crippen molar-refractivity contribution in [2.75, 3.05) is 0 Å². The molecule has 0 aromatic rings. The molecular formula is C2H2KN2NaS2. The SMILES string of the molecule is N#CSSC#N.[H-].[H-].[K+].[Na+]. The molecule has 0 spiro atoms. The molecule has 6 heteroatoms. The molecule has 0 unspecified atom stereocenters. The van der Waals surface area contributed by atoms with Gasteiger partial charge in [0.1, 0.15) is 10.8 Å². The maximum Gasteiger partial charge on any atom is 1.00 e. The molecular weight excluding hydrogens is 178 g/mol. The first-order valence-corrected chi connectivity index (χ1v) is 3.17. The molecule has 0 N–H and O–H groups in total. The molecule has 0 aliphatic carbocycles. The third-order valence-corrected chi connectivity index (χ3v) is 1.05. The minimum absolute atomic E-state index is 0. The van der Waals surface area contributed by atoms with E-state index < -0.39 is 0 Å². The zero-order chi connectivity index (χ0) is 4.83. The zero-order valence-electron chi connectivity index (χ0n) is 6.71. The van der Waals surface area contributed by atoms with Gasteiger partial charge in [-0.2, -0.15) is 10.5 Å². The maximum atomic E-state index is 7.74. The Labute approximate surface area is 124 Å². The molecule has 0 heterocycles. The van der Waals surface area contributed by atoms with Crippen LogP contribution in [-0.2, 0) is 0 Å². The molecule has 8 heavy (non-hydrogen) atoms. The van der Waals surface area contributed by atoms with Crippen molar-refractivity contribution in [2.45, 2.75) is 0 Å². The zero-order valence-corrected chi connectivity index (χ0v) is 11.5. The largest absolute Gasteiger partial charge is 1.00 e.